The molecular weight excluding hydrogens is 331 g/mol. The second-order valence-corrected chi connectivity index (χ2v) is 7.20. The predicted molar refractivity (Wildman–Crippen MR) is 123 cm³/mol. The van der Waals surface area contributed by atoms with Gasteiger partial charge in [-0.2, -0.15) is 0 Å². The van der Waals surface area contributed by atoms with E-state index < -0.39 is 26.7 Å². The molecule has 108 valence electrons. The standard InChI is InChI=1S/C12H4B13NO2/c1-8(16,26-11(22,23)10(19,20)21)9(17,18)2-3(13)5(15)7-6(4(2)14)27-12(24,25)28-7/h26H,1H3. The molecular formula is C12H4B13NO2. The molecule has 28 heavy (non-hydrogen) atoms. The van der Waals surface area contributed by atoms with Crippen LogP contribution in [0.1, 0.15) is 12.5 Å². The predicted octanol–water partition coefficient (Wildman–Crippen LogP) is -6.68. The zero-order valence-corrected chi connectivity index (χ0v) is 15.3. The number of benzene rings is 1. The van der Waals surface area contributed by atoms with Gasteiger partial charge in [0.15, 0.2) is 32.8 Å². The Bertz CT molecular complexity index is 802. The van der Waals surface area contributed by atoms with Gasteiger partial charge in [0.25, 0.3) is 0 Å². The van der Waals surface area contributed by atoms with Crippen molar-refractivity contribution < 1.29 is 9.47 Å². The largest absolute Gasteiger partial charge is 0.469 e. The van der Waals surface area contributed by atoms with Crippen LogP contribution in [-0.2, 0) is 5.21 Å². The highest BCUT2D eigenvalue weighted by Crippen LogP contribution is 2.37. The van der Waals surface area contributed by atoms with E-state index >= 15 is 0 Å². The molecule has 2 rings (SSSR count). The Hall–Kier alpha value is -0.376. The number of ether oxygens (including phenoxy) is 2. The summed E-state index contributed by atoms with van der Waals surface area (Å²) in [5, 5.41) is -3.83. The van der Waals surface area contributed by atoms with E-state index in [9.17, 15) is 0 Å². The lowest BCUT2D eigenvalue weighted by molar-refractivity contribution is 0.0844. The molecule has 1 N–H and O–H groups in total. The van der Waals surface area contributed by atoms with Crippen LogP contribution in [0.15, 0.2) is 0 Å². The Morgan fingerprint density at radius 3 is 1.61 bits per heavy atom. The van der Waals surface area contributed by atoms with E-state index in [1.165, 1.54) is 6.92 Å². The van der Waals surface area contributed by atoms with Crippen molar-refractivity contribution in [3.8, 4) is 11.5 Å². The maximum absolute atomic E-state index is 6.28. The first-order chi connectivity index (χ1) is 12.3. The molecule has 1 aromatic carbocycles. The van der Waals surface area contributed by atoms with Gasteiger partial charge in [-0.05, 0) is 10.9 Å². The highest BCUT2D eigenvalue weighted by atomic mass is 16.7. The minimum atomic E-state index is -2.13. The molecule has 1 heterocycles. The summed E-state index contributed by atoms with van der Waals surface area (Å²) in [6, 6.07) is 0. The van der Waals surface area contributed by atoms with Gasteiger partial charge in [0, 0.05) is 0 Å². The van der Waals surface area contributed by atoms with Crippen molar-refractivity contribution in [3.63, 3.8) is 0 Å². The fourth-order valence-corrected chi connectivity index (χ4v) is 2.65. The molecule has 1 atom stereocenters. The van der Waals surface area contributed by atoms with Gasteiger partial charge in [-0.15, -0.1) is 5.11 Å². The van der Waals surface area contributed by atoms with E-state index in [0.717, 1.165) is 0 Å². The lowest BCUT2D eigenvalue weighted by atomic mass is 9.25. The van der Waals surface area contributed by atoms with E-state index in [0.29, 0.717) is 0 Å². The highest BCUT2D eigenvalue weighted by Gasteiger charge is 2.45. The van der Waals surface area contributed by atoms with E-state index in [-0.39, 0.29) is 33.5 Å². The van der Waals surface area contributed by atoms with E-state index in [4.69, 9.17) is 111 Å². The van der Waals surface area contributed by atoms with Gasteiger partial charge >= 0.3 is 0 Å². The average Bonchev–Trinajstić information content (AvgIpc) is 2.78. The first kappa shape index (κ1) is 23.9. The summed E-state index contributed by atoms with van der Waals surface area (Å²) in [5.74, 6) is -0.205. The van der Waals surface area contributed by atoms with Crippen molar-refractivity contribution in [1.29, 1.82) is 0 Å². The van der Waals surface area contributed by atoms with E-state index in [2.05, 4.69) is 5.32 Å². The summed E-state index contributed by atoms with van der Waals surface area (Å²) in [4.78, 5) is 0. The Morgan fingerprint density at radius 2 is 1.18 bits per heavy atom. The van der Waals surface area contributed by atoms with Gasteiger partial charge in [-0.1, -0.05) is 34.0 Å². The molecule has 1 aliphatic rings. The minimum absolute atomic E-state index is 0.0804. The van der Waals surface area contributed by atoms with Crippen molar-refractivity contribution in [2.75, 3.05) is 0 Å². The first-order valence-electron chi connectivity index (χ1n) is 7.82. The van der Waals surface area contributed by atoms with Crippen LogP contribution in [-0.4, -0.2) is 118 Å². The number of hydrogen-bond acceptors (Lipinski definition) is 3. The Labute approximate surface area is 183 Å². The molecule has 16 heteroatoms. The topological polar surface area (TPSA) is 30.5 Å². The van der Waals surface area contributed by atoms with Gasteiger partial charge in [-0.25, -0.2) is 0 Å². The highest BCUT2D eigenvalue weighted by molar-refractivity contribution is 6.67. The number of hydrogen-bond donors (Lipinski definition) is 1. The maximum atomic E-state index is 6.28. The van der Waals surface area contributed by atoms with Gasteiger partial charge in [0.05, 0.1) is 62.8 Å². The molecule has 0 saturated heterocycles. The first-order valence-corrected chi connectivity index (χ1v) is 7.82. The van der Waals surface area contributed by atoms with E-state index in [1.54, 1.807) is 0 Å². The molecule has 0 fully saturated rings. The van der Waals surface area contributed by atoms with Crippen molar-refractivity contribution in [1.82, 2.24) is 5.32 Å². The molecule has 0 saturated carbocycles. The van der Waals surface area contributed by atoms with Gasteiger partial charge in [0.2, 0.25) is 0 Å². The molecule has 0 aliphatic carbocycles. The van der Waals surface area contributed by atoms with Crippen LogP contribution in [0.4, 0.5) is 0 Å². The third kappa shape index (κ3) is 3.84. The third-order valence-electron chi connectivity index (χ3n) is 4.50. The molecule has 0 spiro atoms. The molecule has 1 unspecified atom stereocenters. The zero-order chi connectivity index (χ0) is 22.1. The summed E-state index contributed by atoms with van der Waals surface area (Å²) in [5.41, 5.74) is -4.50. The fourth-order valence-electron chi connectivity index (χ4n) is 2.65. The lowest BCUT2D eigenvalue weighted by Gasteiger charge is -2.55. The second-order valence-electron chi connectivity index (χ2n) is 7.20. The van der Waals surface area contributed by atoms with Crippen LogP contribution in [0, 0.1) is 0 Å². The Kier molecular flexibility index (Phi) is 5.82. The summed E-state index contributed by atoms with van der Waals surface area (Å²) in [6.45, 7) is 1.32. The van der Waals surface area contributed by atoms with Crippen LogP contribution in [0.25, 0.3) is 0 Å². The normalized spacial score (nSPS) is 18.5. The van der Waals surface area contributed by atoms with E-state index in [1.807, 2.05) is 0 Å². The SMILES string of the molecule is [B]c1c([B])c(C([B])([B])C([B])(C)NC([B])([B])C([B])([B])[B])c([B])c2c1OC([B])([B])O2. The number of rotatable bonds is 5. The molecule has 0 aromatic heterocycles. The second kappa shape index (κ2) is 6.82. The van der Waals surface area contributed by atoms with Crippen LogP contribution in [0.3, 0.4) is 0 Å². The number of nitrogens with one attached hydrogen (secondary N) is 1. The van der Waals surface area contributed by atoms with Gasteiger partial charge in [0.1, 0.15) is 23.5 Å². The molecule has 1 aromatic rings. The Balaban J connectivity index is 2.62. The monoisotopic (exact) mass is 337 g/mol. The number of fused-ring (bicyclic) bond motifs is 1. The van der Waals surface area contributed by atoms with Crippen LogP contribution in [0.5, 0.6) is 11.5 Å². The third-order valence-corrected chi connectivity index (χ3v) is 4.50. The minimum Gasteiger partial charge on any atom is -0.469 e. The molecule has 0 amide bonds. The average molecular weight is 335 g/mol. The molecule has 0 bridgehead atoms. The Morgan fingerprint density at radius 1 is 0.750 bits per heavy atom. The zero-order valence-electron chi connectivity index (χ0n) is 15.3. The maximum Gasteiger partial charge on any atom is 0.175 e. The van der Waals surface area contributed by atoms with Crippen molar-refractivity contribution in [2.24, 2.45) is 0 Å². The van der Waals surface area contributed by atoms with Crippen molar-refractivity contribution in [2.45, 2.75) is 33.6 Å². The van der Waals surface area contributed by atoms with Crippen molar-refractivity contribution >= 4 is 118 Å². The molecule has 1 aliphatic heterocycles. The smallest absolute Gasteiger partial charge is 0.175 e. The molecule has 26 radical (unpaired) electrons. The van der Waals surface area contributed by atoms with Crippen LogP contribution in [0.2, 0.25) is 5.11 Å². The summed E-state index contributed by atoms with van der Waals surface area (Å²) in [7, 11) is 76.5. The summed E-state index contributed by atoms with van der Waals surface area (Å²) < 4.78 is 10.5. The summed E-state index contributed by atoms with van der Waals surface area (Å²) in [6.07, 6.45) is 0. The summed E-state index contributed by atoms with van der Waals surface area (Å²) >= 11 is 0. The van der Waals surface area contributed by atoms with Gasteiger partial charge in [-0.3, -0.25) is 0 Å². The van der Waals surface area contributed by atoms with Crippen molar-refractivity contribution in [3.05, 3.63) is 5.56 Å². The molecule has 3 nitrogen and oxygen atoms in total. The van der Waals surface area contributed by atoms with Crippen LogP contribution < -0.4 is 31.2 Å². The quantitative estimate of drug-likeness (QED) is 0.543. The van der Waals surface area contributed by atoms with Crippen LogP contribution >= 0.6 is 0 Å². The lowest BCUT2D eigenvalue weighted by Crippen LogP contribution is -2.72. The van der Waals surface area contributed by atoms with Gasteiger partial charge < -0.3 is 14.8 Å². The fraction of sp³-hybridized carbons (Fsp3) is 0.500.